The maximum atomic E-state index is 12.1. The first-order valence-electron chi connectivity index (χ1n) is 16.0. The minimum absolute atomic E-state index is 0.0143. The molecule has 3 aliphatic carbocycles. The van der Waals surface area contributed by atoms with Gasteiger partial charge in [-0.3, -0.25) is 9.69 Å². The molecule has 0 radical (unpaired) electrons. The van der Waals surface area contributed by atoms with Crippen molar-refractivity contribution in [2.24, 2.45) is 35.0 Å². The molecule has 0 aromatic heterocycles. The van der Waals surface area contributed by atoms with Gasteiger partial charge in [0.25, 0.3) is 0 Å². The molecule has 3 heteroatoms. The lowest BCUT2D eigenvalue weighted by molar-refractivity contribution is -0.115. The zero-order valence-electron chi connectivity index (χ0n) is 25.0. The summed E-state index contributed by atoms with van der Waals surface area (Å²) in [6.45, 7) is 15.8. The molecule has 2 unspecified atom stereocenters. The van der Waals surface area contributed by atoms with Crippen LogP contribution in [0.15, 0.2) is 54.1 Å². The summed E-state index contributed by atoms with van der Waals surface area (Å²) >= 11 is 0. The number of likely N-dealkylation sites (tertiary alicyclic amines) is 1. The summed E-state index contributed by atoms with van der Waals surface area (Å²) in [5, 5.41) is 0. The van der Waals surface area contributed by atoms with Crippen molar-refractivity contribution in [2.45, 2.75) is 116 Å². The Morgan fingerprint density at radius 3 is 2.74 bits per heavy atom. The molecule has 212 valence electrons. The molecule has 4 fully saturated rings. The van der Waals surface area contributed by atoms with Crippen LogP contribution < -0.4 is 0 Å². The third-order valence-electron chi connectivity index (χ3n) is 12.2. The molecule has 6 rings (SSSR count). The molecule has 1 aromatic rings. The number of piperidine rings is 1. The van der Waals surface area contributed by atoms with Crippen molar-refractivity contribution in [3.63, 3.8) is 0 Å². The van der Waals surface area contributed by atoms with Crippen LogP contribution in [0.1, 0.15) is 97.5 Å². The van der Waals surface area contributed by atoms with Gasteiger partial charge < -0.3 is 4.74 Å². The van der Waals surface area contributed by atoms with Gasteiger partial charge in [-0.1, -0.05) is 75.2 Å². The van der Waals surface area contributed by atoms with Gasteiger partial charge in [0, 0.05) is 31.5 Å². The number of nitrogens with zero attached hydrogens (tertiary/aromatic N) is 1. The molecule has 2 saturated carbocycles. The van der Waals surface area contributed by atoms with Crippen LogP contribution >= 0.6 is 0 Å². The highest BCUT2D eigenvalue weighted by Gasteiger charge is 2.58. The van der Waals surface area contributed by atoms with E-state index in [0.717, 1.165) is 37.1 Å². The van der Waals surface area contributed by atoms with Crippen LogP contribution in [0, 0.1) is 35.0 Å². The Hall–Kier alpha value is -1.71. The maximum absolute atomic E-state index is 12.1. The molecule has 0 N–H and O–H groups in total. The summed E-state index contributed by atoms with van der Waals surface area (Å²) in [5.41, 5.74) is 5.13. The van der Waals surface area contributed by atoms with Gasteiger partial charge in [-0.25, -0.2) is 0 Å². The fraction of sp³-hybridized carbons (Fsp3) is 0.694. The van der Waals surface area contributed by atoms with Crippen molar-refractivity contribution < 1.29 is 9.53 Å². The van der Waals surface area contributed by atoms with Crippen LogP contribution in [0.2, 0.25) is 0 Å². The number of ether oxygens (including phenoxy) is 1. The molecule has 2 aliphatic heterocycles. The largest absolute Gasteiger partial charge is 0.369 e. The summed E-state index contributed by atoms with van der Waals surface area (Å²) in [4.78, 5) is 14.9. The third kappa shape index (κ3) is 4.90. The molecule has 2 saturated heterocycles. The van der Waals surface area contributed by atoms with Crippen molar-refractivity contribution in [3.05, 3.63) is 59.7 Å². The highest BCUT2D eigenvalue weighted by molar-refractivity contribution is 5.89. The lowest BCUT2D eigenvalue weighted by Gasteiger charge is -2.45. The molecule has 1 aromatic carbocycles. The standard InChI is InChI=1S/C36H51NO2/c1-6-28(38)14-17-35(5)16-10-13-30-29-15-18-36(21-25(3)31(29)20-32(30)35)26(4)34-33(39-36)19-24(2)22-37(34)23-27-11-8-7-9-12-27/h6-9,11-12,24,26,29-30,32-34H,1,10,13-23H2,2-5H3/t24-,26+,29-,30?,32-,33?,34-,35+,36-/m0/s1. The summed E-state index contributed by atoms with van der Waals surface area (Å²) in [6.07, 6.45) is 13.6. The lowest BCUT2D eigenvalue weighted by atomic mass is 9.60. The first kappa shape index (κ1) is 27.5. The average molecular weight is 530 g/mol. The Morgan fingerprint density at radius 1 is 1.18 bits per heavy atom. The van der Waals surface area contributed by atoms with Gasteiger partial charge in [-0.2, -0.15) is 0 Å². The van der Waals surface area contributed by atoms with Crippen LogP contribution in [-0.2, 0) is 16.1 Å². The number of ketones is 1. The molecule has 9 atom stereocenters. The zero-order chi connectivity index (χ0) is 27.4. The molecule has 1 spiro atoms. The van der Waals surface area contributed by atoms with Gasteiger partial charge in [0.2, 0.25) is 0 Å². The van der Waals surface area contributed by atoms with E-state index in [1.54, 1.807) is 11.1 Å². The third-order valence-corrected chi connectivity index (χ3v) is 12.2. The smallest absolute Gasteiger partial charge is 0.155 e. The van der Waals surface area contributed by atoms with Crippen LogP contribution in [0.25, 0.3) is 0 Å². The van der Waals surface area contributed by atoms with Crippen molar-refractivity contribution in [3.8, 4) is 0 Å². The van der Waals surface area contributed by atoms with Crippen molar-refractivity contribution >= 4 is 5.78 Å². The van der Waals surface area contributed by atoms with E-state index in [4.69, 9.17) is 4.74 Å². The minimum atomic E-state index is -0.0143. The molecule has 0 bridgehead atoms. The van der Waals surface area contributed by atoms with Crippen LogP contribution in [0.5, 0.6) is 0 Å². The Labute approximate surface area is 237 Å². The van der Waals surface area contributed by atoms with Gasteiger partial charge in [0.15, 0.2) is 5.78 Å². The quantitative estimate of drug-likeness (QED) is 0.275. The summed E-state index contributed by atoms with van der Waals surface area (Å²) in [7, 11) is 0. The molecule has 3 nitrogen and oxygen atoms in total. The van der Waals surface area contributed by atoms with Gasteiger partial charge in [-0.05, 0) is 99.0 Å². The second kappa shape index (κ2) is 10.6. The number of carbonyl (C=O) groups excluding carboxylic acids is 1. The van der Waals surface area contributed by atoms with Gasteiger partial charge in [0.1, 0.15) is 0 Å². The average Bonchev–Trinajstić information content (AvgIpc) is 3.38. The van der Waals surface area contributed by atoms with Crippen molar-refractivity contribution in [1.29, 1.82) is 0 Å². The predicted molar refractivity (Wildman–Crippen MR) is 159 cm³/mol. The number of carbonyl (C=O) groups is 1. The normalized spacial score (nSPS) is 42.1. The van der Waals surface area contributed by atoms with Crippen LogP contribution in [-0.4, -0.2) is 35.0 Å². The van der Waals surface area contributed by atoms with E-state index in [9.17, 15) is 4.79 Å². The van der Waals surface area contributed by atoms with Crippen LogP contribution in [0.4, 0.5) is 0 Å². The first-order valence-corrected chi connectivity index (χ1v) is 16.0. The van der Waals surface area contributed by atoms with E-state index < -0.39 is 0 Å². The molecule has 39 heavy (non-hydrogen) atoms. The van der Waals surface area contributed by atoms with E-state index in [1.807, 2.05) is 0 Å². The number of rotatable bonds is 6. The Balaban J connectivity index is 1.23. The number of fused-ring (bicyclic) bond motifs is 4. The zero-order valence-corrected chi connectivity index (χ0v) is 25.0. The highest BCUT2D eigenvalue weighted by Crippen LogP contribution is 2.62. The predicted octanol–water partition coefficient (Wildman–Crippen LogP) is 8.15. The van der Waals surface area contributed by atoms with Crippen molar-refractivity contribution in [1.82, 2.24) is 4.90 Å². The van der Waals surface area contributed by atoms with E-state index in [0.29, 0.717) is 35.8 Å². The van der Waals surface area contributed by atoms with Crippen LogP contribution in [0.3, 0.4) is 0 Å². The minimum Gasteiger partial charge on any atom is -0.369 e. The first-order chi connectivity index (χ1) is 18.7. The molecular weight excluding hydrogens is 478 g/mol. The maximum Gasteiger partial charge on any atom is 0.155 e. The monoisotopic (exact) mass is 529 g/mol. The fourth-order valence-corrected chi connectivity index (χ4v) is 10.2. The summed E-state index contributed by atoms with van der Waals surface area (Å²) in [5.74, 6) is 3.69. The Morgan fingerprint density at radius 2 is 1.97 bits per heavy atom. The SMILES string of the molecule is C=CC(=O)CC[C@@]1(C)CCCC2[C@@H]3CC[C@@]4(CC(C)=C3C[C@@H]21)OC1C[C@H](C)CN(Cc2ccccc2)[C@H]1[C@H]4C. The van der Waals surface area contributed by atoms with E-state index in [2.05, 4.69) is 69.5 Å². The number of hydrogen-bond donors (Lipinski definition) is 0. The number of hydrogen-bond acceptors (Lipinski definition) is 3. The molecular formula is C36H51NO2. The van der Waals surface area contributed by atoms with Gasteiger partial charge in [-0.15, -0.1) is 0 Å². The van der Waals surface area contributed by atoms with Gasteiger partial charge in [0.05, 0.1) is 11.7 Å². The second-order valence-corrected chi connectivity index (χ2v) is 14.6. The van der Waals surface area contributed by atoms with Gasteiger partial charge >= 0.3 is 0 Å². The van der Waals surface area contributed by atoms with E-state index in [1.165, 1.54) is 63.1 Å². The lowest BCUT2D eigenvalue weighted by Crippen LogP contribution is -2.51. The molecule has 0 amide bonds. The van der Waals surface area contributed by atoms with Crippen molar-refractivity contribution in [2.75, 3.05) is 6.54 Å². The second-order valence-electron chi connectivity index (χ2n) is 14.6. The molecule has 2 heterocycles. The Bertz CT molecular complexity index is 1110. The fourth-order valence-electron chi connectivity index (χ4n) is 10.2. The summed E-state index contributed by atoms with van der Waals surface area (Å²) in [6, 6.07) is 11.6. The van der Waals surface area contributed by atoms with E-state index in [-0.39, 0.29) is 11.4 Å². The van der Waals surface area contributed by atoms with E-state index >= 15 is 0 Å². The topological polar surface area (TPSA) is 29.5 Å². The Kier molecular flexibility index (Phi) is 7.46. The number of benzene rings is 1. The number of allylic oxidation sites excluding steroid dienone is 2. The molecule has 5 aliphatic rings. The summed E-state index contributed by atoms with van der Waals surface area (Å²) < 4.78 is 7.29. The highest BCUT2D eigenvalue weighted by atomic mass is 16.5.